The molecule has 43 heavy (non-hydrogen) atoms. The Morgan fingerprint density at radius 2 is 1.07 bits per heavy atom. The Bertz CT molecular complexity index is 2490. The Kier molecular flexibility index (Phi) is 5.79. The molecular formula is C34H17F3N6. The molecule has 7 aromatic rings. The fourth-order valence-corrected chi connectivity index (χ4v) is 5.65. The van der Waals surface area contributed by atoms with Crippen molar-refractivity contribution < 1.29 is 13.2 Å². The highest BCUT2D eigenvalue weighted by atomic mass is 19.4. The van der Waals surface area contributed by atoms with Crippen LogP contribution in [0.5, 0.6) is 0 Å². The van der Waals surface area contributed by atoms with Gasteiger partial charge in [0, 0.05) is 21.5 Å². The minimum Gasteiger partial charge on any atom is -0.241 e. The number of nitrogens with zero attached hydrogens (tertiary/aromatic N) is 6. The van der Waals surface area contributed by atoms with Crippen molar-refractivity contribution in [1.29, 1.82) is 0 Å². The largest absolute Gasteiger partial charge is 0.416 e. The molecule has 0 unspecified atom stereocenters. The molecule has 0 saturated heterocycles. The van der Waals surface area contributed by atoms with E-state index in [2.05, 4.69) is 26.2 Å². The first-order valence-electron chi connectivity index (χ1n) is 13.1. The lowest BCUT2D eigenvalue weighted by atomic mass is 10.0. The van der Waals surface area contributed by atoms with Crippen molar-refractivity contribution in [2.75, 3.05) is 0 Å². The smallest absolute Gasteiger partial charge is 0.241 e. The van der Waals surface area contributed by atoms with Crippen LogP contribution in [0.3, 0.4) is 0 Å². The van der Waals surface area contributed by atoms with Crippen LogP contribution in [0.25, 0.3) is 75.8 Å². The van der Waals surface area contributed by atoms with Crippen LogP contribution in [-0.2, 0) is 6.18 Å². The second-order valence-corrected chi connectivity index (χ2v) is 10.2. The number of fused-ring (bicyclic) bond motifs is 6. The number of benzene rings is 4. The van der Waals surface area contributed by atoms with E-state index in [1.54, 1.807) is 24.3 Å². The molecule has 6 aromatic carbocycles. The summed E-state index contributed by atoms with van der Waals surface area (Å²) in [5.41, 5.74) is 5.11. The third kappa shape index (κ3) is 4.18. The summed E-state index contributed by atoms with van der Waals surface area (Å²) in [5, 5.41) is 11.5. The highest BCUT2D eigenvalue weighted by Gasteiger charge is 2.30. The van der Waals surface area contributed by atoms with Crippen LogP contribution < -0.4 is 10.7 Å². The van der Waals surface area contributed by atoms with E-state index >= 15 is 0 Å². The quantitative estimate of drug-likeness (QED) is 0.157. The summed E-state index contributed by atoms with van der Waals surface area (Å²) in [6, 6.07) is 24.3. The molecule has 0 aliphatic carbocycles. The maximum Gasteiger partial charge on any atom is 0.416 e. The molecule has 7 rings (SSSR count). The highest BCUT2D eigenvalue weighted by molar-refractivity contribution is 6.15. The topological polar surface area (TPSA) is 59.2 Å². The molecule has 0 spiro atoms. The van der Waals surface area contributed by atoms with Gasteiger partial charge >= 0.3 is 6.18 Å². The van der Waals surface area contributed by atoms with Crippen molar-refractivity contribution in [1.82, 2.24) is 9.97 Å². The third-order valence-electron chi connectivity index (χ3n) is 7.58. The van der Waals surface area contributed by atoms with E-state index < -0.39 is 11.7 Å². The molecule has 0 aliphatic rings. The van der Waals surface area contributed by atoms with E-state index in [0.29, 0.717) is 49.3 Å². The van der Waals surface area contributed by atoms with Gasteiger partial charge in [0.2, 0.25) is 0 Å². The molecule has 0 atom stereocenters. The molecule has 0 bridgehead atoms. The zero-order valence-electron chi connectivity index (χ0n) is 22.4. The monoisotopic (exact) mass is 566 g/mol. The van der Waals surface area contributed by atoms with Gasteiger partial charge in [-0.3, -0.25) is 0 Å². The Labute approximate surface area is 242 Å². The summed E-state index contributed by atoms with van der Waals surface area (Å²) in [6.45, 7) is 17.0. The van der Waals surface area contributed by atoms with E-state index in [9.17, 15) is 13.2 Å². The lowest BCUT2D eigenvalue weighted by Gasteiger charge is -2.09. The van der Waals surface area contributed by atoms with Crippen molar-refractivity contribution in [3.8, 4) is 22.3 Å². The Morgan fingerprint density at radius 1 is 0.581 bits per heavy atom. The zero-order chi connectivity index (χ0) is 29.9. The average molecular weight is 567 g/mol. The fraction of sp³-hybridized carbons (Fsp3) is 0.0588. The average Bonchev–Trinajstić information content (AvgIpc) is 3.47. The van der Waals surface area contributed by atoms with E-state index in [0.717, 1.165) is 39.6 Å². The first-order chi connectivity index (χ1) is 20.8. The summed E-state index contributed by atoms with van der Waals surface area (Å²) >= 11 is 0. The standard InChI is InChI=1S/C34H17F3N6/c1-18-6-4-7-19(14-18)21-10-12-24-26(16-21)30(42-38-2)32-28(24)40-33-29(41-32)25-13-11-22(17-27(25)31(33)43-39-3)20-8-5-9-23(15-20)34(35,36)37/h4-17H,1H3/b42-30+,43-31-. The van der Waals surface area contributed by atoms with Gasteiger partial charge < -0.3 is 0 Å². The molecule has 6 nitrogen and oxygen atoms in total. The van der Waals surface area contributed by atoms with Gasteiger partial charge in [0.1, 0.15) is 11.0 Å². The minimum atomic E-state index is -4.48. The van der Waals surface area contributed by atoms with Crippen LogP contribution in [0.2, 0.25) is 0 Å². The number of aryl methyl sites for hydroxylation is 1. The number of alkyl halides is 3. The molecule has 1 heterocycles. The molecule has 0 saturated carbocycles. The predicted molar refractivity (Wildman–Crippen MR) is 159 cm³/mol. The molecule has 0 aliphatic heterocycles. The molecule has 0 fully saturated rings. The first kappa shape index (κ1) is 26.0. The van der Waals surface area contributed by atoms with E-state index in [-0.39, 0.29) is 5.36 Å². The van der Waals surface area contributed by atoms with E-state index in [1.165, 1.54) is 6.07 Å². The van der Waals surface area contributed by atoms with Crippen LogP contribution in [0, 0.1) is 20.1 Å². The van der Waals surface area contributed by atoms with Crippen molar-refractivity contribution in [2.24, 2.45) is 10.2 Å². The van der Waals surface area contributed by atoms with Gasteiger partial charge in [0.05, 0.1) is 26.8 Å². The molecule has 0 amide bonds. The van der Waals surface area contributed by atoms with Crippen LogP contribution in [0.15, 0.2) is 95.1 Å². The van der Waals surface area contributed by atoms with Gasteiger partial charge in [-0.25, -0.2) is 9.97 Å². The SMILES string of the molecule is [C-]#[N+]/N=c1/c2cc(-c3cccc(C(F)(F)F)c3)ccc2c2nc3/c(=N/[N+]#[C-])c4cc(-c5cccc(C)c5)ccc4c3nc12. The summed E-state index contributed by atoms with van der Waals surface area (Å²) in [6.07, 6.45) is -4.48. The summed E-state index contributed by atoms with van der Waals surface area (Å²) in [4.78, 5) is 16.4. The third-order valence-corrected chi connectivity index (χ3v) is 7.58. The maximum atomic E-state index is 13.4. The molecule has 0 radical (unpaired) electrons. The minimum absolute atomic E-state index is 0.289. The Balaban J connectivity index is 1.51. The van der Waals surface area contributed by atoms with Crippen molar-refractivity contribution in [3.05, 3.63) is 130 Å². The second kappa shape index (κ2) is 9.57. The van der Waals surface area contributed by atoms with Gasteiger partial charge in [0.15, 0.2) is 10.7 Å². The van der Waals surface area contributed by atoms with Crippen molar-refractivity contribution in [3.63, 3.8) is 0 Å². The highest BCUT2D eigenvalue weighted by Crippen LogP contribution is 2.35. The number of hydrogen-bond donors (Lipinski definition) is 0. The lowest BCUT2D eigenvalue weighted by Crippen LogP contribution is -2.04. The van der Waals surface area contributed by atoms with Gasteiger partial charge in [-0.15, -0.1) is 9.91 Å². The van der Waals surface area contributed by atoms with Crippen LogP contribution in [0.4, 0.5) is 13.2 Å². The van der Waals surface area contributed by atoms with Gasteiger partial charge in [-0.1, -0.05) is 66.2 Å². The maximum absolute atomic E-state index is 13.4. The molecule has 9 heteroatoms. The zero-order valence-corrected chi connectivity index (χ0v) is 22.4. The summed E-state index contributed by atoms with van der Waals surface area (Å²) in [7, 11) is 0. The van der Waals surface area contributed by atoms with Gasteiger partial charge in [0.25, 0.3) is 0 Å². The molecular weight excluding hydrogens is 549 g/mol. The Morgan fingerprint density at radius 3 is 1.56 bits per heavy atom. The molecule has 204 valence electrons. The van der Waals surface area contributed by atoms with E-state index in [1.807, 2.05) is 43.3 Å². The van der Waals surface area contributed by atoms with Crippen molar-refractivity contribution in [2.45, 2.75) is 13.1 Å². The lowest BCUT2D eigenvalue weighted by molar-refractivity contribution is -0.137. The van der Waals surface area contributed by atoms with Crippen LogP contribution >= 0.6 is 0 Å². The normalized spacial score (nSPS) is 12.9. The van der Waals surface area contributed by atoms with Crippen LogP contribution in [0.1, 0.15) is 11.1 Å². The number of halogens is 3. The van der Waals surface area contributed by atoms with Gasteiger partial charge in [-0.05, 0) is 53.4 Å². The summed E-state index contributed by atoms with van der Waals surface area (Å²) in [5.74, 6) is 0. The molecule has 1 aromatic heterocycles. The number of hydrogen-bond acceptors (Lipinski definition) is 4. The van der Waals surface area contributed by atoms with Crippen LogP contribution in [-0.4, -0.2) is 9.97 Å². The number of rotatable bonds is 2. The predicted octanol–water partition coefficient (Wildman–Crippen LogP) is 8.10. The fourth-order valence-electron chi connectivity index (χ4n) is 5.65. The number of aromatic nitrogens is 2. The second-order valence-electron chi connectivity index (χ2n) is 10.2. The first-order valence-corrected chi connectivity index (χ1v) is 13.1. The van der Waals surface area contributed by atoms with Gasteiger partial charge in [-0.2, -0.15) is 26.3 Å². The Hall–Kier alpha value is -5.93. The molecule has 0 N–H and O–H groups in total. The van der Waals surface area contributed by atoms with E-state index in [4.69, 9.17) is 23.1 Å². The summed E-state index contributed by atoms with van der Waals surface area (Å²) < 4.78 is 40.1. The van der Waals surface area contributed by atoms with Crippen molar-refractivity contribution >= 4 is 43.6 Å².